The first-order valence-corrected chi connectivity index (χ1v) is 4.23. The highest BCUT2D eigenvalue weighted by atomic mass is 16.5. The number of carboxylic acids is 1. The number of ether oxygens (including phenoxy) is 1. The van der Waals surface area contributed by atoms with E-state index < -0.39 is 12.1 Å². The predicted molar refractivity (Wildman–Crippen MR) is 49.8 cm³/mol. The van der Waals surface area contributed by atoms with Crippen molar-refractivity contribution < 1.29 is 24.2 Å². The number of methoxy groups -OCH3 is 1. The second-order valence-electron chi connectivity index (χ2n) is 2.83. The first-order valence-electron chi connectivity index (χ1n) is 4.23. The number of aliphatic hydroxyl groups excluding tert-OH is 1. The summed E-state index contributed by atoms with van der Waals surface area (Å²) in [7, 11) is 1.47. The molecule has 0 aliphatic heterocycles. The molecule has 0 fully saturated rings. The molecule has 15 heavy (non-hydrogen) atoms. The van der Waals surface area contributed by atoms with Gasteiger partial charge in [0.05, 0.1) is 12.7 Å². The minimum absolute atomic E-state index is 0.0579. The van der Waals surface area contributed by atoms with Crippen LogP contribution in [0.5, 0.6) is 0 Å². The zero-order valence-corrected chi connectivity index (χ0v) is 8.14. The normalized spacial score (nSPS) is 12.4. The topological polar surface area (TPSA) is 105 Å². The quantitative estimate of drug-likeness (QED) is 0.604. The van der Waals surface area contributed by atoms with Crippen molar-refractivity contribution in [3.05, 3.63) is 12.0 Å². The second-order valence-corrected chi connectivity index (χ2v) is 2.83. The van der Waals surface area contributed by atoms with Gasteiger partial charge in [-0.15, -0.1) is 0 Å². The van der Waals surface area contributed by atoms with Crippen molar-refractivity contribution in [1.29, 1.82) is 0 Å². The van der Waals surface area contributed by atoms with Gasteiger partial charge >= 0.3 is 5.97 Å². The smallest absolute Gasteiger partial charge is 0.357 e. The van der Waals surface area contributed by atoms with Gasteiger partial charge in [0, 0.05) is 13.7 Å². The average molecular weight is 216 g/mol. The van der Waals surface area contributed by atoms with E-state index in [1.54, 1.807) is 0 Å². The van der Waals surface area contributed by atoms with Crippen molar-refractivity contribution in [2.45, 2.75) is 6.10 Å². The number of nitrogens with one attached hydrogen (secondary N) is 1. The number of aliphatic hydroxyl groups is 1. The Kier molecular flexibility index (Phi) is 4.07. The summed E-state index contributed by atoms with van der Waals surface area (Å²) in [5.41, 5.74) is -0.182. The molecule has 1 rings (SSSR count). The Labute approximate surface area is 85.7 Å². The van der Waals surface area contributed by atoms with Crippen LogP contribution >= 0.6 is 0 Å². The summed E-state index contributed by atoms with van der Waals surface area (Å²) < 4.78 is 9.50. The highest BCUT2D eigenvalue weighted by Crippen LogP contribution is 2.06. The van der Waals surface area contributed by atoms with Crippen molar-refractivity contribution in [2.24, 2.45) is 0 Å². The molecule has 1 aromatic heterocycles. The summed E-state index contributed by atoms with van der Waals surface area (Å²) in [6.07, 6.45) is 0.322. The molecule has 0 bridgehead atoms. The summed E-state index contributed by atoms with van der Waals surface area (Å²) in [5.74, 6) is -1.16. The molecule has 7 heteroatoms. The van der Waals surface area contributed by atoms with Crippen molar-refractivity contribution in [2.75, 3.05) is 25.6 Å². The molecule has 1 heterocycles. The molecule has 84 valence electrons. The van der Waals surface area contributed by atoms with Gasteiger partial charge in [-0.3, -0.25) is 0 Å². The summed E-state index contributed by atoms with van der Waals surface area (Å²) in [6, 6.07) is 0.0579. The standard InChI is InChI=1S/C8H12N2O5/c1-14-3-5(11)2-9-8-10-6(4-15-8)7(12)13/h4-5,11H,2-3H2,1H3,(H,9,10)(H,12,13). The number of oxazole rings is 1. The van der Waals surface area contributed by atoms with Crippen LogP contribution in [0.1, 0.15) is 10.5 Å². The SMILES string of the molecule is COCC(O)CNc1nc(C(=O)O)co1. The summed E-state index contributed by atoms with van der Waals surface area (Å²) in [4.78, 5) is 14.0. The molecule has 1 atom stereocenters. The van der Waals surface area contributed by atoms with Gasteiger partial charge in [0.2, 0.25) is 0 Å². The minimum Gasteiger partial charge on any atom is -0.476 e. The molecule has 1 unspecified atom stereocenters. The number of aromatic nitrogens is 1. The van der Waals surface area contributed by atoms with Crippen LogP contribution in [0.15, 0.2) is 10.7 Å². The van der Waals surface area contributed by atoms with E-state index in [4.69, 9.17) is 14.3 Å². The molecular weight excluding hydrogens is 204 g/mol. The number of nitrogens with zero attached hydrogens (tertiary/aromatic N) is 1. The summed E-state index contributed by atoms with van der Waals surface area (Å²) in [5, 5.41) is 20.4. The number of carbonyl (C=O) groups is 1. The fourth-order valence-corrected chi connectivity index (χ4v) is 0.910. The maximum atomic E-state index is 10.4. The first-order chi connectivity index (χ1) is 7.13. The van der Waals surface area contributed by atoms with Crippen molar-refractivity contribution in [3.8, 4) is 0 Å². The van der Waals surface area contributed by atoms with E-state index in [1.807, 2.05) is 0 Å². The summed E-state index contributed by atoms with van der Waals surface area (Å²) in [6.45, 7) is 0.354. The molecule has 0 aliphatic carbocycles. The van der Waals surface area contributed by atoms with E-state index in [0.29, 0.717) is 0 Å². The van der Waals surface area contributed by atoms with Gasteiger partial charge in [0.1, 0.15) is 6.26 Å². The third-order valence-electron chi connectivity index (χ3n) is 1.57. The van der Waals surface area contributed by atoms with Crippen LogP contribution in [0.3, 0.4) is 0 Å². The predicted octanol–water partition coefficient (Wildman–Crippen LogP) is -0.208. The Morgan fingerprint density at radius 3 is 3.07 bits per heavy atom. The maximum absolute atomic E-state index is 10.4. The molecule has 0 saturated carbocycles. The van der Waals surface area contributed by atoms with Crippen LogP contribution in [-0.4, -0.2) is 47.5 Å². The minimum atomic E-state index is -1.16. The van der Waals surface area contributed by atoms with E-state index in [0.717, 1.165) is 6.26 Å². The highest BCUT2D eigenvalue weighted by molar-refractivity contribution is 5.85. The molecule has 0 saturated heterocycles. The van der Waals surface area contributed by atoms with Gasteiger partial charge in [-0.2, -0.15) is 4.98 Å². The molecule has 7 nitrogen and oxygen atoms in total. The lowest BCUT2D eigenvalue weighted by Crippen LogP contribution is -2.24. The summed E-state index contributed by atoms with van der Waals surface area (Å²) >= 11 is 0. The Morgan fingerprint density at radius 2 is 2.53 bits per heavy atom. The maximum Gasteiger partial charge on any atom is 0.357 e. The Morgan fingerprint density at radius 1 is 1.80 bits per heavy atom. The zero-order valence-electron chi connectivity index (χ0n) is 8.14. The van der Waals surface area contributed by atoms with Crippen molar-refractivity contribution in [3.63, 3.8) is 0 Å². The molecule has 0 radical (unpaired) electrons. The molecule has 0 spiro atoms. The van der Waals surface area contributed by atoms with Gasteiger partial charge in [0.25, 0.3) is 6.01 Å². The van der Waals surface area contributed by atoms with Crippen molar-refractivity contribution >= 4 is 12.0 Å². The zero-order chi connectivity index (χ0) is 11.3. The van der Waals surface area contributed by atoms with E-state index in [2.05, 4.69) is 10.3 Å². The third-order valence-corrected chi connectivity index (χ3v) is 1.57. The highest BCUT2D eigenvalue weighted by Gasteiger charge is 2.11. The fraction of sp³-hybridized carbons (Fsp3) is 0.500. The molecular formula is C8H12N2O5. The molecule has 0 aliphatic rings. The van der Waals surface area contributed by atoms with E-state index >= 15 is 0 Å². The van der Waals surface area contributed by atoms with Crippen LogP contribution in [0.4, 0.5) is 6.01 Å². The number of carboxylic acid groups (broad SMARTS) is 1. The molecule has 0 amide bonds. The van der Waals surface area contributed by atoms with Gasteiger partial charge < -0.3 is 24.7 Å². The Balaban J connectivity index is 2.40. The first kappa shape index (κ1) is 11.5. The lowest BCUT2D eigenvalue weighted by atomic mass is 10.4. The number of hydrogen-bond donors (Lipinski definition) is 3. The molecule has 3 N–H and O–H groups in total. The van der Waals surface area contributed by atoms with Crippen LogP contribution in [-0.2, 0) is 4.74 Å². The average Bonchev–Trinajstić information content (AvgIpc) is 2.63. The van der Waals surface area contributed by atoms with Crippen LogP contribution in [0, 0.1) is 0 Å². The van der Waals surface area contributed by atoms with Gasteiger partial charge in [-0.25, -0.2) is 4.79 Å². The molecule has 0 aromatic carbocycles. The monoisotopic (exact) mass is 216 g/mol. The number of anilines is 1. The lowest BCUT2D eigenvalue weighted by Gasteiger charge is -2.08. The number of hydrogen-bond acceptors (Lipinski definition) is 6. The largest absolute Gasteiger partial charge is 0.476 e. The van der Waals surface area contributed by atoms with Crippen LogP contribution in [0.25, 0.3) is 0 Å². The fourth-order valence-electron chi connectivity index (χ4n) is 0.910. The van der Waals surface area contributed by atoms with Crippen LogP contribution < -0.4 is 5.32 Å². The van der Waals surface area contributed by atoms with Crippen LogP contribution in [0.2, 0.25) is 0 Å². The number of aromatic carboxylic acids is 1. The number of rotatable bonds is 6. The van der Waals surface area contributed by atoms with E-state index in [9.17, 15) is 9.90 Å². The second kappa shape index (κ2) is 5.32. The van der Waals surface area contributed by atoms with E-state index in [1.165, 1.54) is 7.11 Å². The van der Waals surface area contributed by atoms with Gasteiger partial charge in [0.15, 0.2) is 5.69 Å². The Hall–Kier alpha value is -1.60. The third kappa shape index (κ3) is 3.56. The van der Waals surface area contributed by atoms with Crippen molar-refractivity contribution in [1.82, 2.24) is 4.98 Å². The Bertz CT molecular complexity index is 325. The van der Waals surface area contributed by atoms with Gasteiger partial charge in [-0.05, 0) is 0 Å². The lowest BCUT2D eigenvalue weighted by molar-refractivity contribution is 0.0690. The van der Waals surface area contributed by atoms with E-state index in [-0.39, 0.29) is 24.9 Å². The van der Waals surface area contributed by atoms with Gasteiger partial charge in [-0.1, -0.05) is 0 Å². The molecule has 1 aromatic rings.